The van der Waals surface area contributed by atoms with Gasteiger partial charge in [-0.3, -0.25) is 4.79 Å². The lowest BCUT2D eigenvalue weighted by atomic mass is 10.1. The van der Waals surface area contributed by atoms with E-state index in [1.54, 1.807) is 11.3 Å². The van der Waals surface area contributed by atoms with Crippen molar-refractivity contribution in [2.45, 2.75) is 51.6 Å². The molecule has 0 spiro atoms. The van der Waals surface area contributed by atoms with Gasteiger partial charge in [0, 0.05) is 24.5 Å². The average molecular weight is 436 g/mol. The van der Waals surface area contributed by atoms with Gasteiger partial charge in [-0.25, -0.2) is 13.1 Å². The van der Waals surface area contributed by atoms with Crippen molar-refractivity contribution >= 4 is 37.5 Å². The van der Waals surface area contributed by atoms with E-state index < -0.39 is 32.2 Å². The Morgan fingerprint density at radius 2 is 2.15 bits per heavy atom. The van der Waals surface area contributed by atoms with Gasteiger partial charge in [0.25, 0.3) is 5.91 Å². The molecule has 0 aromatic carbocycles. The molecule has 3 heterocycles. The zero-order valence-electron chi connectivity index (χ0n) is 15.3. The second-order valence-electron chi connectivity index (χ2n) is 6.86. The van der Waals surface area contributed by atoms with E-state index in [2.05, 4.69) is 4.72 Å². The van der Waals surface area contributed by atoms with E-state index in [1.807, 2.05) is 18.4 Å². The Labute approximate surface area is 164 Å². The van der Waals surface area contributed by atoms with Crippen LogP contribution in [-0.2, 0) is 38.0 Å². The molecular weight excluding hydrogens is 410 g/mol. The van der Waals surface area contributed by atoms with Crippen molar-refractivity contribution in [2.24, 2.45) is 0 Å². The molecule has 0 aliphatic carbocycles. The number of hydrogen-bond acceptors (Lipinski definition) is 6. The molecule has 0 radical (unpaired) electrons. The monoisotopic (exact) mass is 435 g/mol. The van der Waals surface area contributed by atoms with Crippen molar-refractivity contribution in [1.82, 2.24) is 13.3 Å². The van der Waals surface area contributed by atoms with E-state index in [1.165, 1.54) is 8.61 Å². The van der Waals surface area contributed by atoms with Crippen LogP contribution in [0.25, 0.3) is 0 Å². The van der Waals surface area contributed by atoms with Crippen LogP contribution >= 0.6 is 11.3 Å². The van der Waals surface area contributed by atoms with Gasteiger partial charge in [0.05, 0.1) is 5.75 Å². The second-order valence-corrected chi connectivity index (χ2v) is 11.6. The normalized spacial score (nSPS) is 21.7. The Morgan fingerprint density at radius 3 is 2.81 bits per heavy atom. The lowest BCUT2D eigenvalue weighted by molar-refractivity contribution is -0.123. The van der Waals surface area contributed by atoms with Crippen molar-refractivity contribution in [2.75, 3.05) is 18.8 Å². The first-order chi connectivity index (χ1) is 12.7. The molecule has 1 fully saturated rings. The molecule has 1 atom stereocenters. The highest BCUT2D eigenvalue weighted by Gasteiger charge is 2.40. The smallest absolute Gasteiger partial charge is 0.272 e. The molecule has 3 rings (SSSR count). The number of nitrogens with zero attached hydrogens (tertiary/aromatic N) is 2. The largest absolute Gasteiger partial charge is 0.304 e. The maximum absolute atomic E-state index is 12.8. The van der Waals surface area contributed by atoms with Gasteiger partial charge in [0.15, 0.2) is 0 Å². The summed E-state index contributed by atoms with van der Waals surface area (Å²) in [7, 11) is -7.53. The highest BCUT2D eigenvalue weighted by Crippen LogP contribution is 2.26. The third-order valence-electron chi connectivity index (χ3n) is 4.96. The van der Waals surface area contributed by atoms with Crippen LogP contribution in [0.15, 0.2) is 11.4 Å². The van der Waals surface area contributed by atoms with E-state index in [4.69, 9.17) is 0 Å². The summed E-state index contributed by atoms with van der Waals surface area (Å²) in [5.74, 6) is -0.757. The highest BCUT2D eigenvalue weighted by atomic mass is 32.2. The summed E-state index contributed by atoms with van der Waals surface area (Å²) >= 11 is 1.60. The SMILES string of the molecule is CCCCC(C(=O)NS(=O)(=O)N1CCc2sccc2C1)N1CCCS1(=O)=O. The molecule has 8 nitrogen and oxygen atoms in total. The molecule has 1 unspecified atom stereocenters. The van der Waals surface area contributed by atoms with Crippen molar-refractivity contribution < 1.29 is 21.6 Å². The predicted molar refractivity (Wildman–Crippen MR) is 104 cm³/mol. The van der Waals surface area contributed by atoms with Gasteiger partial charge >= 0.3 is 10.2 Å². The Bertz CT molecular complexity index is 894. The summed E-state index contributed by atoms with van der Waals surface area (Å²) in [5, 5.41) is 1.93. The maximum Gasteiger partial charge on any atom is 0.304 e. The highest BCUT2D eigenvalue weighted by molar-refractivity contribution is 7.89. The third kappa shape index (κ3) is 4.53. The van der Waals surface area contributed by atoms with Gasteiger partial charge in [-0.15, -0.1) is 11.3 Å². The minimum atomic E-state index is -4.02. The van der Waals surface area contributed by atoms with Crippen LogP contribution in [0.1, 0.15) is 43.0 Å². The molecule has 0 saturated carbocycles. The molecule has 11 heteroatoms. The van der Waals surface area contributed by atoms with Crippen LogP contribution in [0.3, 0.4) is 0 Å². The first-order valence-corrected chi connectivity index (χ1v) is 13.0. The first kappa shape index (κ1) is 20.7. The van der Waals surface area contributed by atoms with Gasteiger partial charge in [0.2, 0.25) is 10.0 Å². The molecular formula is C16H25N3O5S3. The molecule has 0 bridgehead atoms. The molecule has 2 aliphatic rings. The lowest BCUT2D eigenvalue weighted by Gasteiger charge is -2.29. The number of rotatable bonds is 7. The van der Waals surface area contributed by atoms with Crippen LogP contribution in [0, 0.1) is 0 Å². The van der Waals surface area contributed by atoms with Gasteiger partial charge < -0.3 is 0 Å². The van der Waals surface area contributed by atoms with Gasteiger partial charge in [0.1, 0.15) is 6.04 Å². The number of sulfonamides is 1. The summed E-state index contributed by atoms with van der Waals surface area (Å²) in [6.07, 6.45) is 2.81. The summed E-state index contributed by atoms with van der Waals surface area (Å²) in [4.78, 5) is 13.9. The molecule has 1 aromatic heterocycles. The fourth-order valence-electron chi connectivity index (χ4n) is 3.50. The third-order valence-corrected chi connectivity index (χ3v) is 9.39. The lowest BCUT2D eigenvalue weighted by Crippen LogP contribution is -2.52. The fourth-order valence-corrected chi connectivity index (χ4v) is 7.27. The minimum Gasteiger partial charge on any atom is -0.272 e. The summed E-state index contributed by atoms with van der Waals surface area (Å²) in [6, 6.07) is 0.915. The number of fused-ring (bicyclic) bond motifs is 1. The van der Waals surface area contributed by atoms with Gasteiger partial charge in [-0.1, -0.05) is 19.8 Å². The van der Waals surface area contributed by atoms with Crippen LogP contribution in [-0.4, -0.2) is 56.2 Å². The van der Waals surface area contributed by atoms with E-state index in [0.717, 1.165) is 16.9 Å². The van der Waals surface area contributed by atoms with E-state index >= 15 is 0 Å². The van der Waals surface area contributed by atoms with Gasteiger partial charge in [-0.05, 0) is 36.3 Å². The standard InChI is InChI=1S/C16H25N3O5S3/c1-2-3-5-14(19-8-4-11-26(19,21)22)16(20)17-27(23,24)18-9-6-15-13(12-18)7-10-25-15/h7,10,14H,2-6,8-9,11-12H2,1H3,(H,17,20). The van der Waals surface area contributed by atoms with Crippen molar-refractivity contribution in [1.29, 1.82) is 0 Å². The number of nitrogens with one attached hydrogen (secondary N) is 1. The van der Waals surface area contributed by atoms with Crippen LogP contribution in [0.2, 0.25) is 0 Å². The number of thiophene rings is 1. The molecule has 1 saturated heterocycles. The number of unbranched alkanes of at least 4 members (excludes halogenated alkanes) is 1. The van der Waals surface area contributed by atoms with E-state index in [9.17, 15) is 21.6 Å². The minimum absolute atomic E-state index is 0.00269. The first-order valence-electron chi connectivity index (χ1n) is 9.11. The van der Waals surface area contributed by atoms with Crippen LogP contribution in [0.4, 0.5) is 0 Å². The predicted octanol–water partition coefficient (Wildman–Crippen LogP) is 1.06. The van der Waals surface area contributed by atoms with Crippen molar-refractivity contribution in [3.05, 3.63) is 21.9 Å². The van der Waals surface area contributed by atoms with Gasteiger partial charge in [-0.2, -0.15) is 17.0 Å². The number of carbonyl (C=O) groups is 1. The molecule has 1 aromatic rings. The van der Waals surface area contributed by atoms with Crippen LogP contribution < -0.4 is 4.72 Å². The number of hydrogen-bond donors (Lipinski definition) is 1. The quantitative estimate of drug-likeness (QED) is 0.690. The Balaban J connectivity index is 1.74. The number of amides is 1. The number of carbonyl (C=O) groups excluding carboxylic acids is 1. The van der Waals surface area contributed by atoms with E-state index in [-0.39, 0.29) is 18.8 Å². The molecule has 1 amide bonds. The molecule has 152 valence electrons. The fraction of sp³-hybridized carbons (Fsp3) is 0.688. The average Bonchev–Trinajstić information content (AvgIpc) is 3.20. The Morgan fingerprint density at radius 1 is 1.37 bits per heavy atom. The Hall–Kier alpha value is -1.01. The Kier molecular flexibility index (Phi) is 6.26. The summed E-state index contributed by atoms with van der Waals surface area (Å²) < 4.78 is 54.4. The molecule has 1 N–H and O–H groups in total. The zero-order chi connectivity index (χ0) is 19.7. The van der Waals surface area contributed by atoms with Crippen molar-refractivity contribution in [3.63, 3.8) is 0 Å². The van der Waals surface area contributed by atoms with Crippen LogP contribution in [0.5, 0.6) is 0 Å². The molecule has 27 heavy (non-hydrogen) atoms. The van der Waals surface area contributed by atoms with E-state index in [0.29, 0.717) is 32.2 Å². The molecule has 2 aliphatic heterocycles. The maximum atomic E-state index is 12.8. The summed E-state index contributed by atoms with van der Waals surface area (Å²) in [5.41, 5.74) is 0.953. The summed E-state index contributed by atoms with van der Waals surface area (Å²) in [6.45, 7) is 2.73. The van der Waals surface area contributed by atoms with Crippen molar-refractivity contribution in [3.8, 4) is 0 Å². The second kappa shape index (κ2) is 8.16. The zero-order valence-corrected chi connectivity index (χ0v) is 17.7. The topological polar surface area (TPSA) is 104 Å².